The molecule has 7 nitrogen and oxygen atoms in total. The Labute approximate surface area is 243 Å². The van der Waals surface area contributed by atoms with Crippen LogP contribution in [0.25, 0.3) is 16.8 Å². The van der Waals surface area contributed by atoms with Crippen molar-refractivity contribution in [3.05, 3.63) is 107 Å². The van der Waals surface area contributed by atoms with E-state index in [0.717, 1.165) is 40.5 Å². The minimum atomic E-state index is -0.952. The molecule has 1 aliphatic rings. The van der Waals surface area contributed by atoms with Crippen LogP contribution in [0.15, 0.2) is 84.3 Å². The van der Waals surface area contributed by atoms with Crippen LogP contribution in [0.1, 0.15) is 59.2 Å². The number of benzene rings is 3. The number of allylic oxidation sites excluding steroid dienone is 2. The molecule has 1 aliphatic carbocycles. The van der Waals surface area contributed by atoms with Crippen LogP contribution in [0.3, 0.4) is 0 Å². The van der Waals surface area contributed by atoms with Crippen LogP contribution in [0.4, 0.5) is 10.8 Å². The molecule has 3 aromatic carbocycles. The van der Waals surface area contributed by atoms with E-state index in [0.29, 0.717) is 17.7 Å². The average molecular weight is 563 g/mol. The minimum absolute atomic E-state index is 0.0836. The molecule has 206 valence electrons. The van der Waals surface area contributed by atoms with Crippen LogP contribution in [0.2, 0.25) is 0 Å². The molecule has 0 fully saturated rings. The number of aromatic nitrogens is 1. The Morgan fingerprint density at radius 1 is 1.02 bits per heavy atom. The van der Waals surface area contributed by atoms with E-state index in [2.05, 4.69) is 46.6 Å². The third kappa shape index (κ3) is 7.07. The van der Waals surface area contributed by atoms with Crippen molar-refractivity contribution in [3.63, 3.8) is 0 Å². The lowest BCUT2D eigenvalue weighted by Gasteiger charge is -2.23. The zero-order valence-electron chi connectivity index (χ0n) is 22.5. The van der Waals surface area contributed by atoms with Crippen molar-refractivity contribution in [3.8, 4) is 17.3 Å². The number of hydrogen-bond donors (Lipinski definition) is 2. The molecule has 4 aromatic rings. The second-order valence-corrected chi connectivity index (χ2v) is 10.7. The van der Waals surface area contributed by atoms with E-state index in [-0.39, 0.29) is 18.9 Å². The standard InChI is InChI=1S/C33H30N4O3S/c34-20-24-5-4-8-28(19-24)30-22-41-33(36-30)37(29-15-13-26(14-16-29)25-6-2-1-3-7-25)21-23-9-11-27(12-10-23)32(40)35-18-17-31(38)39/h4-6,8-16,19,22H,1-3,7,17-18,21H2,(H,35,40)(H,38,39). The summed E-state index contributed by atoms with van der Waals surface area (Å²) in [5, 5.41) is 23.6. The Kier molecular flexibility index (Phi) is 8.87. The van der Waals surface area contributed by atoms with Crippen LogP contribution in [-0.4, -0.2) is 28.5 Å². The topological polar surface area (TPSA) is 106 Å². The molecular weight excluding hydrogens is 532 g/mol. The maximum atomic E-state index is 12.4. The average Bonchev–Trinajstić information content (AvgIpc) is 3.51. The highest BCUT2D eigenvalue weighted by Crippen LogP contribution is 2.35. The molecule has 5 rings (SSSR count). The first-order chi connectivity index (χ1) is 20.0. The largest absolute Gasteiger partial charge is 0.481 e. The van der Waals surface area contributed by atoms with Gasteiger partial charge in [-0.25, -0.2) is 4.98 Å². The van der Waals surface area contributed by atoms with E-state index in [9.17, 15) is 14.9 Å². The Bertz CT molecular complexity index is 1600. The smallest absolute Gasteiger partial charge is 0.305 e. The van der Waals surface area contributed by atoms with Gasteiger partial charge in [0, 0.05) is 28.7 Å². The maximum Gasteiger partial charge on any atom is 0.305 e. The van der Waals surface area contributed by atoms with Crippen molar-refractivity contribution in [2.24, 2.45) is 0 Å². The van der Waals surface area contributed by atoms with Gasteiger partial charge in [0.2, 0.25) is 0 Å². The maximum absolute atomic E-state index is 12.4. The first-order valence-electron chi connectivity index (χ1n) is 13.6. The SMILES string of the molecule is N#Cc1cccc(-c2csc(N(Cc3ccc(C(=O)NCCC(=O)O)cc3)c3ccc(C4=CCCCC4)cc3)n2)c1. The van der Waals surface area contributed by atoms with Gasteiger partial charge in [-0.3, -0.25) is 9.59 Å². The summed E-state index contributed by atoms with van der Waals surface area (Å²) in [4.78, 5) is 30.2. The van der Waals surface area contributed by atoms with Gasteiger partial charge in [-0.1, -0.05) is 42.5 Å². The Hall–Kier alpha value is -4.74. The molecule has 1 heterocycles. The van der Waals surface area contributed by atoms with Crippen molar-refractivity contribution in [2.75, 3.05) is 11.4 Å². The Morgan fingerprint density at radius 2 is 1.83 bits per heavy atom. The lowest BCUT2D eigenvalue weighted by atomic mass is 9.93. The molecule has 2 N–H and O–H groups in total. The summed E-state index contributed by atoms with van der Waals surface area (Å²) in [6.45, 7) is 0.619. The molecule has 1 aromatic heterocycles. The molecular formula is C33H30N4O3S. The van der Waals surface area contributed by atoms with Gasteiger partial charge >= 0.3 is 5.97 Å². The van der Waals surface area contributed by atoms with E-state index in [1.165, 1.54) is 24.0 Å². The van der Waals surface area contributed by atoms with Crippen LogP contribution in [0.5, 0.6) is 0 Å². The fourth-order valence-corrected chi connectivity index (χ4v) is 5.68. The zero-order valence-corrected chi connectivity index (χ0v) is 23.4. The number of anilines is 2. The van der Waals surface area contributed by atoms with E-state index in [4.69, 9.17) is 10.1 Å². The highest BCUT2D eigenvalue weighted by molar-refractivity contribution is 7.14. The molecule has 1 amide bonds. The summed E-state index contributed by atoms with van der Waals surface area (Å²) in [5.41, 5.74) is 7.43. The van der Waals surface area contributed by atoms with Crippen molar-refractivity contribution in [1.29, 1.82) is 5.26 Å². The molecule has 0 atom stereocenters. The number of rotatable bonds is 10. The lowest BCUT2D eigenvalue weighted by Crippen LogP contribution is -2.26. The summed E-state index contributed by atoms with van der Waals surface area (Å²) >= 11 is 1.54. The highest BCUT2D eigenvalue weighted by Gasteiger charge is 2.17. The van der Waals surface area contributed by atoms with Crippen molar-refractivity contribution in [1.82, 2.24) is 10.3 Å². The zero-order chi connectivity index (χ0) is 28.6. The van der Waals surface area contributed by atoms with Crippen LogP contribution >= 0.6 is 11.3 Å². The molecule has 8 heteroatoms. The Morgan fingerprint density at radius 3 is 2.54 bits per heavy atom. The molecule has 0 saturated heterocycles. The summed E-state index contributed by atoms with van der Waals surface area (Å²) in [5.74, 6) is -1.25. The number of carbonyl (C=O) groups is 2. The fraction of sp³-hybridized carbons (Fsp3) is 0.212. The van der Waals surface area contributed by atoms with Gasteiger partial charge in [0.1, 0.15) is 0 Å². The lowest BCUT2D eigenvalue weighted by molar-refractivity contribution is -0.136. The first kappa shape index (κ1) is 27.8. The Balaban J connectivity index is 1.41. The van der Waals surface area contributed by atoms with E-state index >= 15 is 0 Å². The monoisotopic (exact) mass is 562 g/mol. The summed E-state index contributed by atoms with van der Waals surface area (Å²) in [6, 6.07) is 25.6. The van der Waals surface area contributed by atoms with Gasteiger partial charge in [0.15, 0.2) is 5.13 Å². The number of aliphatic carboxylic acids is 1. The van der Waals surface area contributed by atoms with E-state index < -0.39 is 5.97 Å². The second-order valence-electron chi connectivity index (χ2n) is 9.91. The highest BCUT2D eigenvalue weighted by atomic mass is 32.1. The van der Waals surface area contributed by atoms with Gasteiger partial charge < -0.3 is 15.3 Å². The van der Waals surface area contributed by atoms with Crippen LogP contribution in [-0.2, 0) is 11.3 Å². The van der Waals surface area contributed by atoms with Gasteiger partial charge in [-0.05, 0) is 78.8 Å². The van der Waals surface area contributed by atoms with Crippen molar-refractivity contribution < 1.29 is 14.7 Å². The predicted octanol–water partition coefficient (Wildman–Crippen LogP) is 7.18. The number of thiazole rings is 1. The fourth-order valence-electron chi connectivity index (χ4n) is 4.82. The number of carboxylic acid groups (broad SMARTS) is 1. The number of hydrogen-bond acceptors (Lipinski definition) is 6. The number of nitriles is 1. The van der Waals surface area contributed by atoms with Crippen molar-refractivity contribution in [2.45, 2.75) is 38.6 Å². The third-order valence-corrected chi connectivity index (χ3v) is 7.90. The minimum Gasteiger partial charge on any atom is -0.481 e. The molecule has 0 spiro atoms. The number of nitrogens with zero attached hydrogens (tertiary/aromatic N) is 3. The van der Waals surface area contributed by atoms with Crippen LogP contribution < -0.4 is 10.2 Å². The number of carbonyl (C=O) groups excluding carboxylic acids is 1. The van der Waals surface area contributed by atoms with Gasteiger partial charge in [-0.15, -0.1) is 11.3 Å². The van der Waals surface area contributed by atoms with E-state index in [1.807, 2.05) is 35.7 Å². The third-order valence-electron chi connectivity index (χ3n) is 7.03. The molecule has 0 aliphatic heterocycles. The van der Waals surface area contributed by atoms with Gasteiger partial charge in [-0.2, -0.15) is 5.26 Å². The normalized spacial score (nSPS) is 12.7. The molecule has 0 radical (unpaired) electrons. The summed E-state index contributed by atoms with van der Waals surface area (Å²) < 4.78 is 0. The predicted molar refractivity (Wildman–Crippen MR) is 162 cm³/mol. The number of nitrogens with one attached hydrogen (secondary N) is 1. The quantitative estimate of drug-likeness (QED) is 0.212. The van der Waals surface area contributed by atoms with Gasteiger partial charge in [0.25, 0.3) is 5.91 Å². The van der Waals surface area contributed by atoms with Crippen LogP contribution in [0, 0.1) is 11.3 Å². The van der Waals surface area contributed by atoms with Gasteiger partial charge in [0.05, 0.1) is 30.3 Å². The van der Waals surface area contributed by atoms with Crippen molar-refractivity contribution >= 4 is 39.6 Å². The summed E-state index contributed by atoms with van der Waals surface area (Å²) in [7, 11) is 0. The molecule has 0 saturated carbocycles. The number of amides is 1. The second kappa shape index (κ2) is 13.1. The van der Waals surface area contributed by atoms with E-state index in [1.54, 1.807) is 29.5 Å². The summed E-state index contributed by atoms with van der Waals surface area (Å²) in [6.07, 6.45) is 6.94. The molecule has 41 heavy (non-hydrogen) atoms. The molecule has 0 bridgehead atoms. The first-order valence-corrected chi connectivity index (χ1v) is 14.5. The number of carboxylic acids is 1. The molecule has 0 unspecified atom stereocenters.